The van der Waals surface area contributed by atoms with Gasteiger partial charge in [0.05, 0.1) is 6.61 Å². The summed E-state index contributed by atoms with van der Waals surface area (Å²) in [6, 6.07) is 0. The Kier molecular flexibility index (Phi) is 4.30. The first-order valence-electron chi connectivity index (χ1n) is 4.90. The van der Waals surface area contributed by atoms with Crippen molar-refractivity contribution < 1.29 is 34.4 Å². The number of hydrogen-bond acceptors (Lipinski definition) is 7. The minimum atomic E-state index is -1.48. The highest BCUT2D eigenvalue weighted by atomic mass is 16.6. The average Bonchev–Trinajstić information content (AvgIpc) is 2.56. The van der Waals surface area contributed by atoms with E-state index < -0.39 is 42.4 Å². The molecule has 0 saturated heterocycles. The zero-order chi connectivity index (χ0) is 13.0. The number of alkyl carbamates (subject to hydrolysis) is 1. The summed E-state index contributed by atoms with van der Waals surface area (Å²) >= 11 is 0. The van der Waals surface area contributed by atoms with Crippen molar-refractivity contribution in [3.05, 3.63) is 11.5 Å². The van der Waals surface area contributed by atoms with Gasteiger partial charge in [-0.25, -0.2) is 9.59 Å². The van der Waals surface area contributed by atoms with E-state index >= 15 is 0 Å². The van der Waals surface area contributed by atoms with E-state index in [1.165, 1.54) is 0 Å². The topological polar surface area (TPSA) is 125 Å². The highest BCUT2D eigenvalue weighted by Crippen LogP contribution is 2.24. The van der Waals surface area contributed by atoms with Crippen molar-refractivity contribution in [2.24, 2.45) is 0 Å². The number of aliphatic hydroxyl groups excluding tert-OH is 3. The SMILES string of the molecule is CCNC(=O)OC1=C(O)[C@@H]([C@@H](O)CO)OC1=O. The van der Waals surface area contributed by atoms with Gasteiger partial charge in [-0.3, -0.25) is 0 Å². The molecule has 0 aromatic heterocycles. The largest absolute Gasteiger partial charge is 0.505 e. The van der Waals surface area contributed by atoms with E-state index in [4.69, 9.17) is 5.11 Å². The zero-order valence-corrected chi connectivity index (χ0v) is 9.04. The minimum absolute atomic E-state index is 0.282. The van der Waals surface area contributed by atoms with Gasteiger partial charge in [-0.1, -0.05) is 0 Å². The van der Waals surface area contributed by atoms with Crippen LogP contribution in [0.1, 0.15) is 6.92 Å². The predicted octanol–water partition coefficient (Wildman–Crippen LogP) is -1.22. The summed E-state index contributed by atoms with van der Waals surface area (Å²) in [6.07, 6.45) is -3.82. The van der Waals surface area contributed by atoms with Gasteiger partial charge in [-0.15, -0.1) is 0 Å². The molecule has 0 unspecified atom stereocenters. The maximum absolute atomic E-state index is 11.2. The fourth-order valence-corrected chi connectivity index (χ4v) is 1.18. The predicted molar refractivity (Wildman–Crippen MR) is 52.8 cm³/mol. The molecule has 8 heteroatoms. The van der Waals surface area contributed by atoms with Crippen LogP contribution in [0.4, 0.5) is 4.79 Å². The highest BCUT2D eigenvalue weighted by Gasteiger charge is 2.41. The monoisotopic (exact) mass is 247 g/mol. The van der Waals surface area contributed by atoms with E-state index in [0.717, 1.165) is 0 Å². The summed E-state index contributed by atoms with van der Waals surface area (Å²) in [7, 11) is 0. The fraction of sp³-hybridized carbons (Fsp3) is 0.556. The Balaban J connectivity index is 2.78. The van der Waals surface area contributed by atoms with Gasteiger partial charge in [0.25, 0.3) is 5.76 Å². The molecule has 0 fully saturated rings. The lowest BCUT2D eigenvalue weighted by molar-refractivity contribution is -0.147. The molecule has 0 aromatic carbocycles. The average molecular weight is 247 g/mol. The lowest BCUT2D eigenvalue weighted by Gasteiger charge is -2.13. The maximum Gasteiger partial charge on any atom is 0.412 e. The number of ether oxygens (including phenoxy) is 2. The van der Waals surface area contributed by atoms with Crippen molar-refractivity contribution in [3.8, 4) is 0 Å². The molecule has 0 aliphatic carbocycles. The molecule has 0 spiro atoms. The Morgan fingerprint density at radius 2 is 2.29 bits per heavy atom. The molecule has 1 amide bonds. The molecule has 1 heterocycles. The van der Waals surface area contributed by atoms with Crippen molar-refractivity contribution in [3.63, 3.8) is 0 Å². The van der Waals surface area contributed by atoms with Crippen LogP contribution in [0.5, 0.6) is 0 Å². The molecule has 0 radical (unpaired) electrons. The van der Waals surface area contributed by atoms with Crippen molar-refractivity contribution in [2.75, 3.05) is 13.2 Å². The van der Waals surface area contributed by atoms with Crippen molar-refractivity contribution in [1.82, 2.24) is 5.32 Å². The molecule has 96 valence electrons. The van der Waals surface area contributed by atoms with Gasteiger partial charge in [0.15, 0.2) is 11.9 Å². The van der Waals surface area contributed by atoms with Crippen molar-refractivity contribution in [1.29, 1.82) is 0 Å². The Morgan fingerprint density at radius 3 is 2.82 bits per heavy atom. The second-order valence-electron chi connectivity index (χ2n) is 3.21. The van der Waals surface area contributed by atoms with Crippen LogP contribution in [0, 0.1) is 0 Å². The zero-order valence-electron chi connectivity index (χ0n) is 9.04. The Labute approximate surface area is 96.4 Å². The molecular weight excluding hydrogens is 234 g/mol. The Morgan fingerprint density at radius 1 is 1.65 bits per heavy atom. The molecule has 1 aliphatic heterocycles. The number of nitrogens with one attached hydrogen (secondary N) is 1. The van der Waals surface area contributed by atoms with E-state index in [-0.39, 0.29) is 6.54 Å². The van der Waals surface area contributed by atoms with Crippen LogP contribution in [0.25, 0.3) is 0 Å². The van der Waals surface area contributed by atoms with Crippen LogP contribution in [0.2, 0.25) is 0 Å². The van der Waals surface area contributed by atoms with E-state index in [9.17, 15) is 19.8 Å². The smallest absolute Gasteiger partial charge is 0.412 e. The van der Waals surface area contributed by atoms with Crippen LogP contribution >= 0.6 is 0 Å². The molecule has 0 bridgehead atoms. The van der Waals surface area contributed by atoms with Crippen LogP contribution in [0.15, 0.2) is 11.5 Å². The summed E-state index contributed by atoms with van der Waals surface area (Å²) in [5, 5.41) is 29.6. The number of hydrogen-bond donors (Lipinski definition) is 4. The van der Waals surface area contributed by atoms with Crippen LogP contribution in [0.3, 0.4) is 0 Å². The molecule has 17 heavy (non-hydrogen) atoms. The molecule has 1 aliphatic rings. The summed E-state index contributed by atoms with van der Waals surface area (Å²) in [6.45, 7) is 1.21. The Bertz CT molecular complexity index is 351. The van der Waals surface area contributed by atoms with Crippen LogP contribution < -0.4 is 5.32 Å². The summed E-state index contributed by atoms with van der Waals surface area (Å²) in [5.74, 6) is -2.48. The van der Waals surface area contributed by atoms with Crippen LogP contribution in [-0.2, 0) is 14.3 Å². The molecule has 0 saturated carbocycles. The normalized spacial score (nSPS) is 21.1. The third kappa shape index (κ3) is 2.86. The fourth-order valence-electron chi connectivity index (χ4n) is 1.18. The van der Waals surface area contributed by atoms with Crippen LogP contribution in [-0.4, -0.2) is 52.7 Å². The van der Waals surface area contributed by atoms with E-state index in [2.05, 4.69) is 14.8 Å². The molecule has 8 nitrogen and oxygen atoms in total. The van der Waals surface area contributed by atoms with Gasteiger partial charge in [-0.05, 0) is 6.92 Å². The standard InChI is InChI=1S/C9H13NO7/c1-2-10-9(15)17-7-5(13)6(4(12)3-11)16-8(7)14/h4,6,11-13H,2-3H2,1H3,(H,10,15)/t4-,6+/m0/s1. The van der Waals surface area contributed by atoms with Gasteiger partial charge in [0, 0.05) is 6.54 Å². The van der Waals surface area contributed by atoms with Gasteiger partial charge >= 0.3 is 12.1 Å². The van der Waals surface area contributed by atoms with Crippen molar-refractivity contribution >= 4 is 12.1 Å². The molecule has 1 rings (SSSR count). The number of amides is 1. The van der Waals surface area contributed by atoms with Gasteiger partial charge in [0.2, 0.25) is 0 Å². The first-order valence-corrected chi connectivity index (χ1v) is 4.90. The minimum Gasteiger partial charge on any atom is -0.505 e. The maximum atomic E-state index is 11.2. The summed E-state index contributed by atoms with van der Waals surface area (Å²) < 4.78 is 9.05. The first kappa shape index (κ1) is 13.3. The third-order valence-electron chi connectivity index (χ3n) is 1.97. The molecular formula is C9H13NO7. The van der Waals surface area contributed by atoms with Gasteiger partial charge < -0.3 is 30.1 Å². The summed E-state index contributed by atoms with van der Waals surface area (Å²) in [5.41, 5.74) is 0. The number of esters is 1. The van der Waals surface area contributed by atoms with E-state index in [1.807, 2.05) is 0 Å². The van der Waals surface area contributed by atoms with E-state index in [0.29, 0.717) is 0 Å². The quantitative estimate of drug-likeness (QED) is 0.459. The second-order valence-corrected chi connectivity index (χ2v) is 3.21. The number of aliphatic hydroxyl groups is 3. The van der Waals surface area contributed by atoms with E-state index in [1.54, 1.807) is 6.92 Å². The second kappa shape index (κ2) is 5.51. The highest BCUT2D eigenvalue weighted by molar-refractivity contribution is 5.92. The molecule has 2 atom stereocenters. The summed E-state index contributed by atoms with van der Waals surface area (Å²) in [4.78, 5) is 22.3. The third-order valence-corrected chi connectivity index (χ3v) is 1.97. The lowest BCUT2D eigenvalue weighted by Crippen LogP contribution is -2.31. The number of carbonyl (C=O) groups is 2. The number of cyclic esters (lactones) is 1. The first-order chi connectivity index (χ1) is 8.01. The van der Waals surface area contributed by atoms with Gasteiger partial charge in [0.1, 0.15) is 6.10 Å². The molecule has 4 N–H and O–H groups in total. The lowest BCUT2D eigenvalue weighted by atomic mass is 10.2. The van der Waals surface area contributed by atoms with Gasteiger partial charge in [-0.2, -0.15) is 0 Å². The van der Waals surface area contributed by atoms with Crippen molar-refractivity contribution in [2.45, 2.75) is 19.1 Å². The number of carbonyl (C=O) groups excluding carboxylic acids is 2. The number of rotatable bonds is 4. The Hall–Kier alpha value is -1.80. The molecule has 0 aromatic rings.